The lowest BCUT2D eigenvalue weighted by Crippen LogP contribution is -2.18. The van der Waals surface area contributed by atoms with Crippen molar-refractivity contribution in [1.29, 1.82) is 0 Å². The molecule has 8 nitrogen and oxygen atoms in total. The number of imidazole rings is 1. The largest absolute Gasteiger partial charge is 0.288 e. The Hall–Kier alpha value is -2.13. The highest BCUT2D eigenvalue weighted by molar-refractivity contribution is 7.92. The number of pyridine rings is 1. The summed E-state index contributed by atoms with van der Waals surface area (Å²) in [7, 11) is -2.35. The molecule has 10 heteroatoms. The molecule has 104 valence electrons. The molecule has 0 atom stereocenters. The van der Waals surface area contributed by atoms with Crippen LogP contribution in [0.1, 0.15) is 0 Å². The first-order valence-electron chi connectivity index (χ1n) is 5.48. The van der Waals surface area contributed by atoms with Crippen LogP contribution in [0, 0.1) is 0 Å². The van der Waals surface area contributed by atoms with Gasteiger partial charge in [-0.1, -0.05) is 17.7 Å². The van der Waals surface area contributed by atoms with Crippen molar-refractivity contribution in [2.45, 2.75) is 5.03 Å². The minimum Gasteiger partial charge on any atom is -0.288 e. The number of nitrogens with zero attached hydrogens (tertiary/aromatic N) is 5. The minimum absolute atomic E-state index is 0.0898. The van der Waals surface area contributed by atoms with E-state index in [0.717, 1.165) is 0 Å². The summed E-state index contributed by atoms with van der Waals surface area (Å²) < 4.78 is 29.8. The van der Waals surface area contributed by atoms with Crippen molar-refractivity contribution in [3.8, 4) is 0 Å². The second-order valence-corrected chi connectivity index (χ2v) is 5.91. The Kier molecular flexibility index (Phi) is 2.87. The zero-order valence-corrected chi connectivity index (χ0v) is 11.8. The number of rotatable bonds is 3. The predicted molar refractivity (Wildman–Crippen MR) is 72.0 cm³/mol. The fraction of sp³-hybridized carbons (Fsp3) is 0.100. The molecule has 0 aliphatic rings. The highest BCUT2D eigenvalue weighted by Crippen LogP contribution is 2.24. The van der Waals surface area contributed by atoms with E-state index < -0.39 is 10.0 Å². The molecule has 0 unspecified atom stereocenters. The Morgan fingerprint density at radius 3 is 2.85 bits per heavy atom. The molecular formula is C10H9ClN6O2S. The number of fused-ring (bicyclic) bond motifs is 1. The summed E-state index contributed by atoms with van der Waals surface area (Å²) in [6.45, 7) is 0. The molecule has 3 rings (SSSR count). The van der Waals surface area contributed by atoms with E-state index in [2.05, 4.69) is 19.8 Å². The Bertz CT molecular complexity index is 884. The van der Waals surface area contributed by atoms with Crippen LogP contribution in [-0.2, 0) is 17.1 Å². The number of nitrogens with one attached hydrogen (secondary N) is 1. The molecule has 0 aliphatic heterocycles. The van der Waals surface area contributed by atoms with Gasteiger partial charge in [0.25, 0.3) is 10.0 Å². The Morgan fingerprint density at radius 1 is 1.35 bits per heavy atom. The lowest BCUT2D eigenvalue weighted by molar-refractivity contribution is 0.595. The standard InChI is InChI=1S/C10H9ClN6O2S/c1-16-10(12-6-13-16)15-20(18,19)9-8(11)14-7-4-2-3-5-17(7)9/h2-6H,1H3,(H,12,13,15). The van der Waals surface area contributed by atoms with Crippen LogP contribution in [0.3, 0.4) is 0 Å². The first-order valence-corrected chi connectivity index (χ1v) is 7.34. The van der Waals surface area contributed by atoms with Gasteiger partial charge < -0.3 is 0 Å². The van der Waals surface area contributed by atoms with Gasteiger partial charge in [-0.05, 0) is 12.1 Å². The van der Waals surface area contributed by atoms with Crippen LogP contribution >= 0.6 is 11.6 Å². The number of aryl methyl sites for hydroxylation is 1. The quantitative estimate of drug-likeness (QED) is 0.776. The first kappa shape index (κ1) is 12.9. The lowest BCUT2D eigenvalue weighted by atomic mass is 10.5. The van der Waals surface area contributed by atoms with Gasteiger partial charge in [-0.15, -0.1) is 0 Å². The van der Waals surface area contributed by atoms with E-state index in [1.54, 1.807) is 31.4 Å². The van der Waals surface area contributed by atoms with Crippen molar-refractivity contribution >= 4 is 33.2 Å². The third kappa shape index (κ3) is 2.00. The van der Waals surface area contributed by atoms with Gasteiger partial charge in [0.05, 0.1) is 0 Å². The van der Waals surface area contributed by atoms with E-state index in [4.69, 9.17) is 11.6 Å². The van der Waals surface area contributed by atoms with Crippen molar-refractivity contribution in [1.82, 2.24) is 24.1 Å². The van der Waals surface area contributed by atoms with Crippen LogP contribution < -0.4 is 4.72 Å². The van der Waals surface area contributed by atoms with Gasteiger partial charge in [0.2, 0.25) is 5.95 Å². The average Bonchev–Trinajstić information content (AvgIpc) is 2.92. The molecule has 1 N–H and O–H groups in total. The third-order valence-electron chi connectivity index (χ3n) is 2.64. The zero-order chi connectivity index (χ0) is 14.3. The molecule has 0 fully saturated rings. The summed E-state index contributed by atoms with van der Waals surface area (Å²) >= 11 is 5.94. The van der Waals surface area contributed by atoms with E-state index in [1.807, 2.05) is 0 Å². The lowest BCUT2D eigenvalue weighted by Gasteiger charge is -2.06. The monoisotopic (exact) mass is 312 g/mol. The highest BCUT2D eigenvalue weighted by Gasteiger charge is 2.25. The molecule has 0 radical (unpaired) electrons. The maximum atomic E-state index is 12.4. The van der Waals surface area contributed by atoms with Crippen molar-refractivity contribution in [2.24, 2.45) is 7.05 Å². The van der Waals surface area contributed by atoms with Gasteiger partial charge in [0.1, 0.15) is 12.0 Å². The van der Waals surface area contributed by atoms with E-state index in [-0.39, 0.29) is 16.1 Å². The summed E-state index contributed by atoms with van der Waals surface area (Å²) in [5, 5.41) is 3.54. The van der Waals surface area contributed by atoms with Crippen LogP contribution in [0.15, 0.2) is 35.7 Å². The van der Waals surface area contributed by atoms with Gasteiger partial charge in [-0.2, -0.15) is 18.5 Å². The fourth-order valence-electron chi connectivity index (χ4n) is 1.74. The number of aromatic nitrogens is 5. The molecule has 3 aromatic rings. The molecular weight excluding hydrogens is 304 g/mol. The number of sulfonamides is 1. The fourth-order valence-corrected chi connectivity index (χ4v) is 3.43. The molecule has 0 bridgehead atoms. The summed E-state index contributed by atoms with van der Waals surface area (Å²) in [6, 6.07) is 5.09. The molecule has 20 heavy (non-hydrogen) atoms. The van der Waals surface area contributed by atoms with Crippen molar-refractivity contribution in [2.75, 3.05) is 4.72 Å². The average molecular weight is 313 g/mol. The number of halogens is 1. The maximum absolute atomic E-state index is 12.4. The Morgan fingerprint density at radius 2 is 2.15 bits per heavy atom. The maximum Gasteiger partial charge on any atom is 0.283 e. The van der Waals surface area contributed by atoms with E-state index in [1.165, 1.54) is 15.4 Å². The molecule has 0 aliphatic carbocycles. The smallest absolute Gasteiger partial charge is 0.283 e. The second-order valence-electron chi connectivity index (χ2n) is 3.95. The van der Waals surface area contributed by atoms with E-state index in [9.17, 15) is 8.42 Å². The summed E-state index contributed by atoms with van der Waals surface area (Å²) in [5.41, 5.74) is 0.441. The van der Waals surface area contributed by atoms with Crippen LogP contribution in [0.5, 0.6) is 0 Å². The van der Waals surface area contributed by atoms with Gasteiger partial charge in [-0.25, -0.2) is 14.4 Å². The molecule has 0 saturated heterocycles. The summed E-state index contributed by atoms with van der Waals surface area (Å²) in [6.07, 6.45) is 2.81. The second kappa shape index (κ2) is 4.46. The van der Waals surface area contributed by atoms with Crippen LogP contribution in [0.4, 0.5) is 5.95 Å². The van der Waals surface area contributed by atoms with Crippen molar-refractivity contribution < 1.29 is 8.42 Å². The molecule has 0 saturated carbocycles. The van der Waals surface area contributed by atoms with E-state index >= 15 is 0 Å². The summed E-state index contributed by atoms with van der Waals surface area (Å²) in [5.74, 6) is 0.0898. The predicted octanol–water partition coefficient (Wildman–Crippen LogP) is 0.917. The zero-order valence-electron chi connectivity index (χ0n) is 10.2. The normalized spacial score (nSPS) is 11.9. The van der Waals surface area contributed by atoms with Crippen molar-refractivity contribution in [3.05, 3.63) is 35.9 Å². The van der Waals surface area contributed by atoms with E-state index in [0.29, 0.717) is 5.65 Å². The number of anilines is 1. The molecule has 0 aromatic carbocycles. The summed E-state index contributed by atoms with van der Waals surface area (Å²) in [4.78, 5) is 7.81. The third-order valence-corrected chi connectivity index (χ3v) is 4.36. The SMILES string of the molecule is Cn1ncnc1NS(=O)(=O)c1c(Cl)nc2ccccn12. The highest BCUT2D eigenvalue weighted by atomic mass is 35.5. The molecule has 0 amide bonds. The van der Waals surface area contributed by atoms with Gasteiger partial charge in [0, 0.05) is 13.2 Å². The first-order chi connectivity index (χ1) is 9.49. The number of hydrogen-bond donors (Lipinski definition) is 1. The molecule has 3 heterocycles. The van der Waals surface area contributed by atoms with Crippen molar-refractivity contribution in [3.63, 3.8) is 0 Å². The molecule has 3 aromatic heterocycles. The van der Waals surface area contributed by atoms with Gasteiger partial charge in [-0.3, -0.25) is 4.40 Å². The van der Waals surface area contributed by atoms with Crippen LogP contribution in [-0.4, -0.2) is 32.6 Å². The Balaban J connectivity index is 2.14. The molecule has 0 spiro atoms. The van der Waals surface area contributed by atoms with Crippen LogP contribution in [0.2, 0.25) is 5.15 Å². The van der Waals surface area contributed by atoms with Crippen LogP contribution in [0.25, 0.3) is 5.65 Å². The van der Waals surface area contributed by atoms with Gasteiger partial charge >= 0.3 is 0 Å². The number of hydrogen-bond acceptors (Lipinski definition) is 5. The Labute approximate surface area is 119 Å². The van der Waals surface area contributed by atoms with Gasteiger partial charge in [0.15, 0.2) is 10.2 Å². The minimum atomic E-state index is -3.92. The topological polar surface area (TPSA) is 94.2 Å².